The maximum Gasteiger partial charge on any atom is 0.350 e. The third-order valence-corrected chi connectivity index (χ3v) is 8.33. The van der Waals surface area contributed by atoms with Crippen molar-refractivity contribution in [2.24, 2.45) is 5.16 Å². The van der Waals surface area contributed by atoms with Gasteiger partial charge in [0.25, 0.3) is 11.8 Å². The monoisotopic (exact) mass is 636 g/mol. The predicted octanol–water partition coefficient (Wildman–Crippen LogP) is -2.22. The van der Waals surface area contributed by atoms with E-state index in [1.165, 1.54) is 37.9 Å². The molecule has 4 rings (SSSR count). The van der Waals surface area contributed by atoms with E-state index in [0.717, 1.165) is 16.4 Å². The number of nitrogen functional groups attached to an aromatic ring is 1. The number of carbonyl (C=O) groups is 4. The fraction of sp³-hybridized carbons (Fsp3) is 0.417. The van der Waals surface area contributed by atoms with Crippen molar-refractivity contribution < 1.29 is 43.8 Å². The van der Waals surface area contributed by atoms with E-state index in [4.69, 9.17) is 10.6 Å². The second-order valence-corrected chi connectivity index (χ2v) is 12.8. The van der Waals surface area contributed by atoms with Crippen molar-refractivity contribution in [1.29, 1.82) is 0 Å². The number of carboxylic acids is 2. The summed E-state index contributed by atoms with van der Waals surface area (Å²) in [5.41, 5.74) is 3.33. The van der Waals surface area contributed by atoms with Crippen LogP contribution in [-0.2, 0) is 30.6 Å². The number of pyridine rings is 1. The second-order valence-electron chi connectivity index (χ2n) is 10.9. The van der Waals surface area contributed by atoms with Crippen LogP contribution in [0.1, 0.15) is 25.4 Å². The van der Waals surface area contributed by atoms with Gasteiger partial charge in [-0.25, -0.2) is 4.79 Å². The van der Waals surface area contributed by atoms with Crippen LogP contribution in [0.3, 0.4) is 0 Å². The molecule has 0 aliphatic carbocycles. The molecule has 6 N–H and O–H groups in total. The summed E-state index contributed by atoms with van der Waals surface area (Å²) in [6, 6.07) is 0.0915. The molecule has 43 heavy (non-hydrogen) atoms. The summed E-state index contributed by atoms with van der Waals surface area (Å²) in [7, 11) is 3.60. The first-order chi connectivity index (χ1) is 20.0. The first kappa shape index (κ1) is 31.4. The molecule has 0 saturated carbocycles. The average molecular weight is 637 g/mol. The molecular weight excluding hydrogens is 608 g/mol. The van der Waals surface area contributed by atoms with Gasteiger partial charge in [0.2, 0.25) is 22.6 Å². The molecule has 17 nitrogen and oxygen atoms in total. The van der Waals surface area contributed by atoms with Crippen LogP contribution in [0.25, 0.3) is 0 Å². The van der Waals surface area contributed by atoms with E-state index >= 15 is 0 Å². The number of anilines is 1. The van der Waals surface area contributed by atoms with Crippen LogP contribution in [0, 0.1) is 0 Å². The minimum absolute atomic E-state index is 0.00362. The number of H-pyrrole nitrogens is 1. The third kappa shape index (κ3) is 6.62. The van der Waals surface area contributed by atoms with Gasteiger partial charge in [0.05, 0.1) is 31.5 Å². The number of nitrogens with zero attached hydrogens (tertiary/aromatic N) is 5. The highest BCUT2D eigenvalue weighted by Crippen LogP contribution is 2.40. The Balaban J connectivity index is 1.53. The lowest BCUT2D eigenvalue weighted by atomic mass is 10.0. The van der Waals surface area contributed by atoms with Crippen molar-refractivity contribution >= 4 is 57.9 Å². The number of nitrogens with two attached hydrogens (primary N) is 1. The first-order valence-corrected chi connectivity index (χ1v) is 14.3. The predicted molar refractivity (Wildman–Crippen MR) is 150 cm³/mol. The molecule has 19 heteroatoms. The smallest absolute Gasteiger partial charge is 0.350 e. The maximum absolute atomic E-state index is 13.2. The Morgan fingerprint density at radius 3 is 2.60 bits per heavy atom. The molecule has 0 bridgehead atoms. The minimum atomic E-state index is -1.82. The molecule has 0 unspecified atom stereocenters. The van der Waals surface area contributed by atoms with Gasteiger partial charge in [-0.05, 0) is 13.8 Å². The van der Waals surface area contributed by atoms with Crippen molar-refractivity contribution in [2.75, 3.05) is 32.1 Å². The normalized spacial score (nSPS) is 19.0. The fourth-order valence-electron chi connectivity index (χ4n) is 4.35. The van der Waals surface area contributed by atoms with Gasteiger partial charge in [0.1, 0.15) is 24.5 Å². The highest BCUT2D eigenvalue weighted by atomic mass is 32.2. The van der Waals surface area contributed by atoms with Crippen LogP contribution in [0.15, 0.2) is 33.5 Å². The Labute approximate surface area is 251 Å². The number of aromatic amines is 1. The van der Waals surface area contributed by atoms with Crippen molar-refractivity contribution in [1.82, 2.24) is 24.6 Å². The van der Waals surface area contributed by atoms with Crippen LogP contribution in [-0.4, -0.2) is 107 Å². The molecule has 2 atom stereocenters. The van der Waals surface area contributed by atoms with Crippen LogP contribution >= 0.6 is 23.3 Å². The van der Waals surface area contributed by atoms with Crippen LogP contribution in [0.5, 0.6) is 5.75 Å². The molecule has 1 fully saturated rings. The molecule has 230 valence electrons. The number of aromatic hydroxyl groups is 1. The number of hydrogen-bond donors (Lipinski definition) is 5. The van der Waals surface area contributed by atoms with Crippen molar-refractivity contribution in [3.63, 3.8) is 0 Å². The summed E-state index contributed by atoms with van der Waals surface area (Å²) < 4.78 is 4.10. The minimum Gasteiger partial charge on any atom is -0.543 e. The summed E-state index contributed by atoms with van der Waals surface area (Å²) >= 11 is 1.98. The topological polar surface area (TPSA) is 253 Å². The summed E-state index contributed by atoms with van der Waals surface area (Å²) in [5, 5.41) is 36.4. The Morgan fingerprint density at radius 2 is 2.02 bits per heavy atom. The van der Waals surface area contributed by atoms with Gasteiger partial charge in [-0.3, -0.25) is 19.3 Å². The number of oxime groups is 1. The van der Waals surface area contributed by atoms with E-state index in [1.54, 1.807) is 14.1 Å². The average Bonchev–Trinajstić information content (AvgIpc) is 3.34. The quantitative estimate of drug-likeness (QED) is 0.0759. The van der Waals surface area contributed by atoms with Gasteiger partial charge >= 0.3 is 5.97 Å². The van der Waals surface area contributed by atoms with E-state index in [1.807, 2.05) is 0 Å². The number of aliphatic carboxylic acids is 2. The lowest BCUT2D eigenvalue weighted by molar-refractivity contribution is -0.899. The number of likely N-dealkylation sites (N-methyl/N-ethyl adjacent to an activating group) is 1. The van der Waals surface area contributed by atoms with Gasteiger partial charge < -0.3 is 45.5 Å². The van der Waals surface area contributed by atoms with Gasteiger partial charge in [-0.15, -0.1) is 11.8 Å². The van der Waals surface area contributed by atoms with Crippen LogP contribution in [0.2, 0.25) is 0 Å². The summed E-state index contributed by atoms with van der Waals surface area (Å²) in [5.74, 6) is -5.10. The van der Waals surface area contributed by atoms with Crippen molar-refractivity contribution in [3.05, 3.63) is 45.3 Å². The van der Waals surface area contributed by atoms with E-state index in [2.05, 4.69) is 24.8 Å². The Bertz CT molecular complexity index is 1610. The lowest BCUT2D eigenvalue weighted by Crippen LogP contribution is -2.71. The highest BCUT2D eigenvalue weighted by Gasteiger charge is 2.53. The standard InChI is InChI=1S/C24H28N8O9S2/c1-24(2,22(39)40)41-29-14(17-28-23(25)43-30-17)18(35)27-15-19(36)31-16(21(37)38)10(9-42-20(15)31)7-32(3,4)8-11-5-12(33)13(34)6-26-11/h5-6,15,20H,7-9H2,1-4H3,(H6-,25,26,27,28,29,30,33,34,35,37,38,39,40)/t15-,20+/m1/s1. The number of amides is 2. The van der Waals surface area contributed by atoms with Gasteiger partial charge in [0.15, 0.2) is 10.9 Å². The number of rotatable bonds is 11. The number of carboxylic acid groups (broad SMARTS) is 2. The zero-order chi connectivity index (χ0) is 31.9. The van der Waals surface area contributed by atoms with Gasteiger partial charge in [-0.1, -0.05) is 5.16 Å². The van der Waals surface area contributed by atoms with Gasteiger partial charge in [-0.2, -0.15) is 9.36 Å². The number of hydrogen-bond acceptors (Lipinski definition) is 14. The molecular formula is C24H28N8O9S2. The maximum atomic E-state index is 13.2. The third-order valence-electron chi connectivity index (χ3n) is 6.45. The number of fused-ring (bicyclic) bond motifs is 1. The molecule has 1 saturated heterocycles. The zero-order valence-corrected chi connectivity index (χ0v) is 24.9. The Morgan fingerprint density at radius 1 is 1.33 bits per heavy atom. The molecule has 0 radical (unpaired) electrons. The molecule has 2 aromatic heterocycles. The molecule has 2 aliphatic rings. The molecule has 4 heterocycles. The molecule has 0 spiro atoms. The van der Waals surface area contributed by atoms with E-state index in [0.29, 0.717) is 11.3 Å². The van der Waals surface area contributed by atoms with E-state index < -0.39 is 57.7 Å². The lowest BCUT2D eigenvalue weighted by Gasteiger charge is -2.51. The number of aromatic nitrogens is 3. The van der Waals surface area contributed by atoms with Crippen molar-refractivity contribution in [2.45, 2.75) is 37.4 Å². The fourth-order valence-corrected chi connectivity index (χ4v) is 6.12. The second kappa shape index (κ2) is 11.7. The largest absolute Gasteiger partial charge is 0.543 e. The summed E-state index contributed by atoms with van der Waals surface area (Å²) in [6.45, 7) is 2.87. The molecule has 2 aliphatic heterocycles. The van der Waals surface area contributed by atoms with Crippen LogP contribution in [0.4, 0.5) is 5.13 Å². The Hall–Kier alpha value is -4.49. The molecule has 0 aromatic carbocycles. The summed E-state index contributed by atoms with van der Waals surface area (Å²) in [6.07, 6.45) is 1.17. The summed E-state index contributed by atoms with van der Waals surface area (Å²) in [4.78, 5) is 74.7. The molecule has 2 aromatic rings. The van der Waals surface area contributed by atoms with Crippen LogP contribution < -0.4 is 21.6 Å². The first-order valence-electron chi connectivity index (χ1n) is 12.5. The highest BCUT2D eigenvalue weighted by molar-refractivity contribution is 8.00. The van der Waals surface area contributed by atoms with Gasteiger partial charge in [0, 0.05) is 35.1 Å². The molecule has 2 amide bonds. The number of β-lactam (4-membered cyclic amide) rings is 1. The Kier molecular flexibility index (Phi) is 8.52. The number of nitrogens with one attached hydrogen (secondary N) is 2. The van der Waals surface area contributed by atoms with E-state index in [9.17, 15) is 39.3 Å². The number of carbonyl (C=O) groups excluding carboxylic acids is 3. The number of quaternary nitrogens is 1. The number of thioether (sulfide) groups is 1. The SMILES string of the molecule is CC(C)(ON=C(C(=O)N[C@@H]1C(=O)N2C(C(=O)[O-])=C(C[N+](C)(C)Cc3cc(=O)c(O)c[nH]3)CS[C@@H]12)c1nsc(N)n1)C(=O)O. The van der Waals surface area contributed by atoms with E-state index in [-0.39, 0.29) is 40.0 Å². The van der Waals surface area contributed by atoms with Crippen molar-refractivity contribution in [3.8, 4) is 5.75 Å². The zero-order valence-electron chi connectivity index (χ0n) is 23.3.